The van der Waals surface area contributed by atoms with Crippen LogP contribution in [0.25, 0.3) is 0 Å². The molecule has 13 heavy (non-hydrogen) atoms. The second kappa shape index (κ2) is 6.05. The van der Waals surface area contributed by atoms with E-state index in [0.717, 1.165) is 0 Å². The van der Waals surface area contributed by atoms with E-state index in [2.05, 4.69) is 43.6 Å². The summed E-state index contributed by atoms with van der Waals surface area (Å²) in [6.07, 6.45) is 9.39. The van der Waals surface area contributed by atoms with Crippen LogP contribution < -0.4 is 0 Å². The first-order valence-corrected chi connectivity index (χ1v) is 7.15. The third-order valence-electron chi connectivity index (χ3n) is 2.34. The Morgan fingerprint density at radius 1 is 1.23 bits per heavy atom. The minimum atomic E-state index is -0.249. The Bertz CT molecular complexity index is 251. The lowest BCUT2D eigenvalue weighted by Gasteiger charge is -2.03. The molecule has 1 heteroatoms. The summed E-state index contributed by atoms with van der Waals surface area (Å²) in [6.45, 7) is 2.25. The molecule has 1 aromatic rings. The maximum atomic E-state index is 4.19. The molecule has 0 spiro atoms. The number of benzene rings is 1. The Labute approximate surface area is 82.4 Å². The second-order valence-electron chi connectivity index (χ2n) is 3.44. The van der Waals surface area contributed by atoms with Crippen molar-refractivity contribution in [2.45, 2.75) is 19.8 Å². The Kier molecular flexibility index (Phi) is 4.93. The van der Waals surface area contributed by atoms with Crippen LogP contribution in [0.4, 0.5) is 0 Å². The minimum Gasteiger partial charge on any atom is -0.125 e. The molecule has 72 valence electrons. The van der Waals surface area contributed by atoms with E-state index in [1.54, 1.807) is 0 Å². The summed E-state index contributed by atoms with van der Waals surface area (Å²) >= 11 is 0. The van der Waals surface area contributed by atoms with Gasteiger partial charge in [0, 0.05) is 0 Å². The highest BCUT2D eigenvalue weighted by molar-refractivity contribution is 7.55. The van der Waals surface area contributed by atoms with Gasteiger partial charge in [-0.2, -0.15) is 0 Å². The first-order valence-electron chi connectivity index (χ1n) is 5.03. The van der Waals surface area contributed by atoms with E-state index < -0.39 is 0 Å². The van der Waals surface area contributed by atoms with Crippen molar-refractivity contribution in [3.63, 3.8) is 0 Å². The summed E-state index contributed by atoms with van der Waals surface area (Å²) in [7, 11) is -0.249. The van der Waals surface area contributed by atoms with Crippen molar-refractivity contribution < 1.29 is 0 Å². The Hall–Kier alpha value is -0.480. The van der Waals surface area contributed by atoms with Gasteiger partial charge in [-0.25, -0.2) is 0 Å². The van der Waals surface area contributed by atoms with Crippen LogP contribution in [0.3, 0.4) is 0 Å². The Balaban J connectivity index is 2.24. The summed E-state index contributed by atoms with van der Waals surface area (Å²) in [6, 6.07) is 10.7. The van der Waals surface area contributed by atoms with Crippen molar-refractivity contribution >= 4 is 13.8 Å². The molecular formula is C12H19P. The molecule has 0 aliphatic carbocycles. The van der Waals surface area contributed by atoms with Crippen molar-refractivity contribution in [2.24, 2.45) is 0 Å². The van der Waals surface area contributed by atoms with Crippen molar-refractivity contribution in [1.29, 1.82) is 0 Å². The van der Waals surface area contributed by atoms with Gasteiger partial charge in [0.2, 0.25) is 0 Å². The summed E-state index contributed by atoms with van der Waals surface area (Å²) in [5.74, 6) is 0. The van der Waals surface area contributed by atoms with E-state index in [1.807, 2.05) is 0 Å². The first-order chi connectivity index (χ1) is 6.33. The molecule has 0 saturated carbocycles. The van der Waals surface area contributed by atoms with Gasteiger partial charge in [0.05, 0.1) is 0 Å². The number of rotatable bonds is 5. The monoisotopic (exact) mass is 194 g/mol. The van der Waals surface area contributed by atoms with E-state index in [9.17, 15) is 0 Å². The smallest absolute Gasteiger partial charge is 0.0276 e. The highest BCUT2D eigenvalue weighted by Gasteiger charge is 1.92. The molecule has 0 saturated heterocycles. The lowest BCUT2D eigenvalue weighted by atomic mass is 10.1. The summed E-state index contributed by atoms with van der Waals surface area (Å²) in [4.78, 5) is 0. The molecule has 0 N–H and O–H groups in total. The lowest BCUT2D eigenvalue weighted by Crippen LogP contribution is -1.87. The maximum absolute atomic E-state index is 4.19. The number of hydrogen-bond donors (Lipinski definition) is 0. The highest BCUT2D eigenvalue weighted by Crippen LogP contribution is 2.20. The van der Waals surface area contributed by atoms with Crippen LogP contribution in [0.5, 0.6) is 0 Å². The van der Waals surface area contributed by atoms with Gasteiger partial charge in [0.15, 0.2) is 0 Å². The van der Waals surface area contributed by atoms with E-state index in [4.69, 9.17) is 0 Å². The van der Waals surface area contributed by atoms with Crippen molar-refractivity contribution in [2.75, 3.05) is 12.3 Å². The quantitative estimate of drug-likeness (QED) is 0.631. The fraction of sp³-hybridized carbons (Fsp3) is 0.417. The Morgan fingerprint density at radius 3 is 2.54 bits per heavy atom. The van der Waals surface area contributed by atoms with Crippen LogP contribution in [0.1, 0.15) is 18.9 Å². The molecule has 0 radical (unpaired) electrons. The van der Waals surface area contributed by atoms with E-state index in [-0.39, 0.29) is 7.55 Å². The molecule has 1 unspecified atom stereocenters. The molecule has 0 aliphatic rings. The highest BCUT2D eigenvalue weighted by atomic mass is 31.1. The van der Waals surface area contributed by atoms with Crippen LogP contribution >= 0.6 is 7.55 Å². The lowest BCUT2D eigenvalue weighted by molar-refractivity contribution is 0.929. The van der Waals surface area contributed by atoms with Crippen LogP contribution in [-0.2, 0) is 6.42 Å². The van der Waals surface area contributed by atoms with Gasteiger partial charge < -0.3 is 0 Å². The molecule has 0 nitrogen and oxygen atoms in total. The Morgan fingerprint density at radius 2 is 1.92 bits per heavy atom. The molecule has 0 heterocycles. The third-order valence-corrected chi connectivity index (χ3v) is 4.40. The average Bonchev–Trinajstić information content (AvgIpc) is 2.19. The molecule has 0 bridgehead atoms. The van der Waals surface area contributed by atoms with Crippen molar-refractivity contribution in [3.8, 4) is 0 Å². The fourth-order valence-electron chi connectivity index (χ4n) is 1.36. The largest absolute Gasteiger partial charge is 0.125 e. The van der Waals surface area contributed by atoms with Crippen LogP contribution in [0, 0.1) is 0 Å². The summed E-state index contributed by atoms with van der Waals surface area (Å²) in [5.41, 5.74) is 1.47. The zero-order valence-electron chi connectivity index (χ0n) is 8.42. The van der Waals surface area contributed by atoms with E-state index in [1.165, 1.54) is 30.7 Å². The molecule has 0 amide bonds. The zero-order valence-corrected chi connectivity index (χ0v) is 9.42. The topological polar surface area (TPSA) is 0 Å². The van der Waals surface area contributed by atoms with Crippen molar-refractivity contribution in [3.05, 3.63) is 35.9 Å². The standard InChI is InChI=1S/C12H19P/c1-3-13(2)11-7-10-12-8-5-4-6-9-12/h4-6,8-9,13H,2-3,7,10-11H2,1H3. The normalized spacial score (nSPS) is 12.7. The molecular weight excluding hydrogens is 175 g/mol. The minimum absolute atomic E-state index is 0.249. The molecule has 0 aromatic heterocycles. The maximum Gasteiger partial charge on any atom is -0.0276 e. The van der Waals surface area contributed by atoms with Crippen LogP contribution in [0.2, 0.25) is 0 Å². The molecule has 0 fully saturated rings. The van der Waals surface area contributed by atoms with E-state index >= 15 is 0 Å². The summed E-state index contributed by atoms with van der Waals surface area (Å²) in [5, 5.41) is 0. The SMILES string of the molecule is C=[PH](CC)CCCc1ccccc1. The second-order valence-corrected chi connectivity index (χ2v) is 6.15. The van der Waals surface area contributed by atoms with Gasteiger partial charge >= 0.3 is 0 Å². The predicted molar refractivity (Wildman–Crippen MR) is 65.6 cm³/mol. The van der Waals surface area contributed by atoms with Gasteiger partial charge in [-0.3, -0.25) is 0 Å². The third kappa shape index (κ3) is 4.33. The summed E-state index contributed by atoms with van der Waals surface area (Å²) < 4.78 is 0. The van der Waals surface area contributed by atoms with E-state index in [0.29, 0.717) is 0 Å². The molecule has 1 aromatic carbocycles. The van der Waals surface area contributed by atoms with Crippen LogP contribution in [-0.4, -0.2) is 18.6 Å². The number of hydrogen-bond acceptors (Lipinski definition) is 0. The predicted octanol–water partition coefficient (Wildman–Crippen LogP) is 3.29. The molecule has 1 atom stereocenters. The van der Waals surface area contributed by atoms with Gasteiger partial charge in [-0.1, -0.05) is 37.3 Å². The van der Waals surface area contributed by atoms with Gasteiger partial charge in [0.25, 0.3) is 0 Å². The zero-order chi connectivity index (χ0) is 9.52. The molecule has 1 rings (SSSR count). The average molecular weight is 194 g/mol. The number of aryl methyl sites for hydroxylation is 1. The van der Waals surface area contributed by atoms with Gasteiger partial charge in [-0.05, 0) is 30.7 Å². The van der Waals surface area contributed by atoms with Crippen molar-refractivity contribution in [1.82, 2.24) is 0 Å². The van der Waals surface area contributed by atoms with Crippen LogP contribution in [0.15, 0.2) is 30.3 Å². The van der Waals surface area contributed by atoms with Gasteiger partial charge in [0.1, 0.15) is 0 Å². The molecule has 0 aliphatic heterocycles. The fourth-order valence-corrected chi connectivity index (χ4v) is 2.39. The van der Waals surface area contributed by atoms with Gasteiger partial charge in [-0.15, -0.1) is 13.8 Å². The first kappa shape index (κ1) is 10.6.